The van der Waals surface area contributed by atoms with Crippen molar-refractivity contribution < 1.29 is 4.52 Å². The minimum atomic E-state index is -0.147. The Morgan fingerprint density at radius 1 is 1.30 bits per heavy atom. The monoisotopic (exact) mass is 296 g/mol. The Morgan fingerprint density at radius 2 is 2.05 bits per heavy atom. The molecule has 0 aliphatic carbocycles. The summed E-state index contributed by atoms with van der Waals surface area (Å²) in [6, 6.07) is 0. The van der Waals surface area contributed by atoms with Crippen LogP contribution in [0.15, 0.2) is 9.68 Å². The Kier molecular flexibility index (Phi) is 4.42. The highest BCUT2D eigenvalue weighted by Gasteiger charge is 2.20. The van der Waals surface area contributed by atoms with Crippen LogP contribution in [-0.2, 0) is 17.7 Å². The van der Waals surface area contributed by atoms with Crippen LogP contribution in [0, 0.1) is 5.92 Å². The summed E-state index contributed by atoms with van der Waals surface area (Å²) in [5.41, 5.74) is -0.147. The van der Waals surface area contributed by atoms with E-state index in [1.165, 1.54) is 11.8 Å². The first-order valence-corrected chi connectivity index (χ1v) is 7.58. The zero-order chi connectivity index (χ0) is 14.8. The first-order chi connectivity index (χ1) is 9.36. The molecule has 0 saturated carbocycles. The van der Waals surface area contributed by atoms with E-state index in [4.69, 9.17) is 4.52 Å². The highest BCUT2D eigenvalue weighted by Crippen LogP contribution is 2.23. The van der Waals surface area contributed by atoms with Gasteiger partial charge >= 0.3 is 0 Å². The van der Waals surface area contributed by atoms with Gasteiger partial charge in [0.25, 0.3) is 0 Å². The minimum Gasteiger partial charge on any atom is -0.339 e. The fourth-order valence-electron chi connectivity index (χ4n) is 1.60. The molecule has 20 heavy (non-hydrogen) atoms. The molecule has 0 unspecified atom stereocenters. The maximum atomic E-state index is 5.21. The van der Waals surface area contributed by atoms with Crippen LogP contribution in [0.4, 0.5) is 0 Å². The fraction of sp³-hybridized carbons (Fsp3) is 0.750. The summed E-state index contributed by atoms with van der Waals surface area (Å²) < 4.78 is 7.01. The van der Waals surface area contributed by atoms with Crippen LogP contribution in [0.5, 0.6) is 0 Å². The Bertz CT molecular complexity index is 556. The van der Waals surface area contributed by atoms with E-state index in [9.17, 15) is 0 Å². The summed E-state index contributed by atoms with van der Waals surface area (Å²) >= 11 is 1.51. The molecule has 0 aliphatic heterocycles. The summed E-state index contributed by atoms with van der Waals surface area (Å²) in [6.45, 7) is 10.4. The predicted molar refractivity (Wildman–Crippen MR) is 75.2 cm³/mol. The van der Waals surface area contributed by atoms with Crippen molar-refractivity contribution >= 4 is 11.8 Å². The van der Waals surface area contributed by atoms with Gasteiger partial charge < -0.3 is 4.52 Å². The largest absolute Gasteiger partial charge is 0.339 e. The number of rotatable bonds is 5. The van der Waals surface area contributed by atoms with Crippen molar-refractivity contribution in [1.82, 2.24) is 30.3 Å². The van der Waals surface area contributed by atoms with Crippen molar-refractivity contribution in [3.8, 4) is 0 Å². The molecule has 0 fully saturated rings. The van der Waals surface area contributed by atoms with E-state index >= 15 is 0 Å². The average molecular weight is 296 g/mol. The lowest BCUT2D eigenvalue weighted by Crippen LogP contribution is -2.24. The number of tetrazole rings is 1. The zero-order valence-corrected chi connectivity index (χ0v) is 13.3. The highest BCUT2D eigenvalue weighted by molar-refractivity contribution is 7.98. The molecule has 0 spiro atoms. The van der Waals surface area contributed by atoms with Crippen molar-refractivity contribution in [2.45, 2.75) is 57.5 Å². The first kappa shape index (κ1) is 15.0. The number of aromatic nitrogens is 6. The molecule has 2 aromatic rings. The van der Waals surface area contributed by atoms with Crippen LogP contribution in [0.25, 0.3) is 0 Å². The van der Waals surface area contributed by atoms with Gasteiger partial charge in [-0.1, -0.05) is 30.8 Å². The lowest BCUT2D eigenvalue weighted by molar-refractivity contribution is 0.321. The summed E-state index contributed by atoms with van der Waals surface area (Å²) in [6.07, 6.45) is 0.803. The maximum absolute atomic E-state index is 5.21. The SMILES string of the molecule is CC(C)Cc1nc(CSc2nnnn2C(C)(C)C)no1. The lowest BCUT2D eigenvalue weighted by Gasteiger charge is -2.19. The molecule has 2 rings (SSSR count). The highest BCUT2D eigenvalue weighted by atomic mass is 32.2. The van der Waals surface area contributed by atoms with Gasteiger partial charge in [0.15, 0.2) is 5.82 Å². The van der Waals surface area contributed by atoms with Gasteiger partial charge in [0.05, 0.1) is 11.3 Å². The van der Waals surface area contributed by atoms with E-state index in [2.05, 4.69) is 60.3 Å². The molecule has 2 heterocycles. The van der Waals surface area contributed by atoms with E-state index in [-0.39, 0.29) is 5.54 Å². The molecule has 0 amide bonds. The Balaban J connectivity index is 1.99. The Morgan fingerprint density at radius 3 is 2.70 bits per heavy atom. The van der Waals surface area contributed by atoms with Crippen molar-refractivity contribution in [1.29, 1.82) is 0 Å². The molecule has 8 heteroatoms. The topological polar surface area (TPSA) is 82.5 Å². The molecule has 7 nitrogen and oxygen atoms in total. The maximum Gasteiger partial charge on any atom is 0.226 e. The van der Waals surface area contributed by atoms with Gasteiger partial charge in [0, 0.05) is 6.42 Å². The second-order valence-corrected chi connectivity index (χ2v) is 6.98. The third-order valence-electron chi connectivity index (χ3n) is 2.50. The van der Waals surface area contributed by atoms with Gasteiger partial charge in [-0.25, -0.2) is 4.68 Å². The van der Waals surface area contributed by atoms with Gasteiger partial charge in [-0.05, 0) is 37.1 Å². The molecule has 0 N–H and O–H groups in total. The van der Waals surface area contributed by atoms with Gasteiger partial charge in [0.2, 0.25) is 11.0 Å². The quantitative estimate of drug-likeness (QED) is 0.783. The first-order valence-electron chi connectivity index (χ1n) is 6.59. The average Bonchev–Trinajstić information content (AvgIpc) is 2.92. The van der Waals surface area contributed by atoms with Crippen molar-refractivity contribution in [2.24, 2.45) is 5.92 Å². The van der Waals surface area contributed by atoms with Crippen LogP contribution >= 0.6 is 11.8 Å². The third-order valence-corrected chi connectivity index (χ3v) is 3.42. The van der Waals surface area contributed by atoms with Crippen LogP contribution in [0.2, 0.25) is 0 Å². The molecule has 0 atom stereocenters. The summed E-state index contributed by atoms with van der Waals surface area (Å²) in [7, 11) is 0. The molecular weight excluding hydrogens is 276 g/mol. The van der Waals surface area contributed by atoms with E-state index in [1.54, 1.807) is 4.68 Å². The fourth-order valence-corrected chi connectivity index (χ4v) is 2.50. The predicted octanol–water partition coefficient (Wildman–Crippen LogP) is 2.30. The van der Waals surface area contributed by atoms with Crippen molar-refractivity contribution in [3.05, 3.63) is 11.7 Å². The molecule has 0 bridgehead atoms. The molecule has 0 saturated heterocycles. The summed E-state index contributed by atoms with van der Waals surface area (Å²) in [5, 5.41) is 16.5. The molecule has 0 radical (unpaired) electrons. The lowest BCUT2D eigenvalue weighted by atomic mass is 10.1. The number of hydrogen-bond donors (Lipinski definition) is 0. The van der Waals surface area contributed by atoms with Gasteiger partial charge in [-0.3, -0.25) is 0 Å². The normalized spacial score (nSPS) is 12.3. The van der Waals surface area contributed by atoms with E-state index in [0.717, 1.165) is 11.6 Å². The standard InChI is InChI=1S/C12H20N6OS/c1-8(2)6-10-13-9(15-19-10)7-20-11-14-16-17-18(11)12(3,4)5/h8H,6-7H2,1-5H3. The van der Waals surface area contributed by atoms with E-state index < -0.39 is 0 Å². The molecular formula is C12H20N6OS. The molecule has 0 aliphatic rings. The van der Waals surface area contributed by atoms with Crippen molar-refractivity contribution in [2.75, 3.05) is 0 Å². The Hall–Kier alpha value is -1.44. The number of thioether (sulfide) groups is 1. The summed E-state index contributed by atoms with van der Waals surface area (Å²) in [4.78, 5) is 4.37. The second kappa shape index (κ2) is 5.90. The van der Waals surface area contributed by atoms with Gasteiger partial charge in [-0.2, -0.15) is 4.98 Å². The minimum absolute atomic E-state index is 0.147. The second-order valence-electron chi connectivity index (χ2n) is 6.04. The van der Waals surface area contributed by atoms with Gasteiger partial charge in [-0.15, -0.1) is 5.10 Å². The van der Waals surface area contributed by atoms with E-state index in [1.807, 2.05) is 0 Å². The third kappa shape index (κ3) is 3.78. The number of nitrogens with zero attached hydrogens (tertiary/aromatic N) is 6. The van der Waals surface area contributed by atoms with E-state index in [0.29, 0.717) is 23.4 Å². The Labute approximate surface area is 122 Å². The van der Waals surface area contributed by atoms with Crippen LogP contribution < -0.4 is 0 Å². The van der Waals surface area contributed by atoms with Crippen LogP contribution in [-0.4, -0.2) is 30.3 Å². The van der Waals surface area contributed by atoms with Crippen LogP contribution in [0.3, 0.4) is 0 Å². The summed E-state index contributed by atoms with van der Waals surface area (Å²) in [5.74, 6) is 2.46. The van der Waals surface area contributed by atoms with Gasteiger partial charge in [0.1, 0.15) is 0 Å². The van der Waals surface area contributed by atoms with Crippen molar-refractivity contribution in [3.63, 3.8) is 0 Å². The number of hydrogen-bond acceptors (Lipinski definition) is 7. The smallest absolute Gasteiger partial charge is 0.226 e. The molecule has 110 valence electrons. The van der Waals surface area contributed by atoms with Crippen LogP contribution in [0.1, 0.15) is 46.3 Å². The zero-order valence-electron chi connectivity index (χ0n) is 12.5. The molecule has 2 aromatic heterocycles. The molecule has 0 aromatic carbocycles.